The third-order valence-corrected chi connectivity index (χ3v) is 3.90. The Labute approximate surface area is 127 Å². The Morgan fingerprint density at radius 2 is 1.82 bits per heavy atom. The molecule has 2 aromatic heterocycles. The average molecular weight is 284 g/mol. The molecule has 0 aliphatic heterocycles. The molecule has 0 saturated heterocycles. The van der Waals surface area contributed by atoms with Crippen molar-refractivity contribution in [3.05, 3.63) is 71.7 Å². The van der Waals surface area contributed by atoms with E-state index in [0.29, 0.717) is 11.3 Å². The van der Waals surface area contributed by atoms with Crippen LogP contribution in [0.1, 0.15) is 5.56 Å². The van der Waals surface area contributed by atoms with Crippen molar-refractivity contribution in [3.63, 3.8) is 0 Å². The van der Waals surface area contributed by atoms with Gasteiger partial charge in [0.2, 0.25) is 5.69 Å². The van der Waals surface area contributed by atoms with Crippen LogP contribution < -0.4 is 0 Å². The topological polar surface area (TPSA) is 30.4 Å². The van der Waals surface area contributed by atoms with Crippen LogP contribution in [-0.4, -0.2) is 4.98 Å². The molecule has 0 N–H and O–H groups in total. The summed E-state index contributed by atoms with van der Waals surface area (Å²) < 4.78 is 6.09. The molecule has 0 atom stereocenters. The van der Waals surface area contributed by atoms with Gasteiger partial charge in [0.25, 0.3) is 0 Å². The van der Waals surface area contributed by atoms with Gasteiger partial charge in [-0.2, -0.15) is 0 Å². The minimum Gasteiger partial charge on any atom is -0.466 e. The standard InChI is InChI=1S/C19H12N2O/c1-12-9-10-14-13-6-5-7-15(16-8-3-4-11-21-16)18(13)22-19(14)17(12)20-2/h3-11H,1H3. The fourth-order valence-corrected chi connectivity index (χ4v) is 2.81. The number of pyridine rings is 1. The number of hydrogen-bond donors (Lipinski definition) is 0. The molecule has 3 heteroatoms. The van der Waals surface area contributed by atoms with Crippen LogP contribution in [0.4, 0.5) is 5.69 Å². The highest BCUT2D eigenvalue weighted by Gasteiger charge is 2.16. The third-order valence-electron chi connectivity index (χ3n) is 3.90. The summed E-state index contributed by atoms with van der Waals surface area (Å²) in [6.45, 7) is 9.34. The fraction of sp³-hybridized carbons (Fsp3) is 0.0526. The highest BCUT2D eigenvalue weighted by Crippen LogP contribution is 2.40. The highest BCUT2D eigenvalue weighted by atomic mass is 16.3. The van der Waals surface area contributed by atoms with Gasteiger partial charge < -0.3 is 4.42 Å². The molecular formula is C19H12N2O. The van der Waals surface area contributed by atoms with Gasteiger partial charge in [0.05, 0.1) is 12.3 Å². The zero-order valence-electron chi connectivity index (χ0n) is 12.0. The lowest BCUT2D eigenvalue weighted by Gasteiger charge is -2.00. The van der Waals surface area contributed by atoms with Crippen LogP contribution in [0.15, 0.2) is 59.1 Å². The van der Waals surface area contributed by atoms with Crippen LogP contribution in [0.2, 0.25) is 0 Å². The van der Waals surface area contributed by atoms with Gasteiger partial charge in [-0.1, -0.05) is 30.3 Å². The number of aryl methyl sites for hydroxylation is 1. The van der Waals surface area contributed by atoms with Crippen LogP contribution in [0.25, 0.3) is 38.0 Å². The lowest BCUT2D eigenvalue weighted by atomic mass is 10.0. The van der Waals surface area contributed by atoms with E-state index < -0.39 is 0 Å². The first-order valence-corrected chi connectivity index (χ1v) is 7.03. The Hall–Kier alpha value is -3.12. The number of hydrogen-bond acceptors (Lipinski definition) is 2. The van der Waals surface area contributed by atoms with Gasteiger partial charge in [0, 0.05) is 22.5 Å². The summed E-state index contributed by atoms with van der Waals surface area (Å²) in [6.07, 6.45) is 1.77. The van der Waals surface area contributed by atoms with Gasteiger partial charge in [-0.05, 0) is 30.7 Å². The van der Waals surface area contributed by atoms with E-state index in [0.717, 1.165) is 33.2 Å². The van der Waals surface area contributed by atoms with Crippen LogP contribution in [0, 0.1) is 13.5 Å². The third kappa shape index (κ3) is 1.71. The molecular weight excluding hydrogens is 272 g/mol. The van der Waals surface area contributed by atoms with Gasteiger partial charge in [0.1, 0.15) is 11.2 Å². The minimum absolute atomic E-state index is 0.584. The molecule has 0 amide bonds. The van der Waals surface area contributed by atoms with E-state index in [1.807, 2.05) is 55.5 Å². The fourth-order valence-electron chi connectivity index (χ4n) is 2.81. The van der Waals surface area contributed by atoms with Crippen molar-refractivity contribution in [2.75, 3.05) is 0 Å². The monoisotopic (exact) mass is 284 g/mol. The van der Waals surface area contributed by atoms with Gasteiger partial charge in [-0.25, -0.2) is 4.85 Å². The predicted molar refractivity (Wildman–Crippen MR) is 88.0 cm³/mol. The molecule has 0 radical (unpaired) electrons. The molecule has 0 aliphatic carbocycles. The quantitative estimate of drug-likeness (QED) is 0.431. The number of fused-ring (bicyclic) bond motifs is 3. The summed E-state index contributed by atoms with van der Waals surface area (Å²) in [7, 11) is 0. The summed E-state index contributed by atoms with van der Waals surface area (Å²) in [6, 6.07) is 15.8. The first-order chi connectivity index (χ1) is 10.8. The number of furan rings is 1. The number of aromatic nitrogens is 1. The smallest absolute Gasteiger partial charge is 0.232 e. The SMILES string of the molecule is [C-]#[N+]c1c(C)ccc2c1oc1c(-c3ccccn3)cccc12. The van der Waals surface area contributed by atoms with Gasteiger partial charge in [-0.3, -0.25) is 4.98 Å². The Morgan fingerprint density at radius 3 is 2.59 bits per heavy atom. The first-order valence-electron chi connectivity index (χ1n) is 7.03. The molecule has 0 spiro atoms. The normalized spacial score (nSPS) is 10.9. The molecule has 2 heterocycles. The summed E-state index contributed by atoms with van der Waals surface area (Å²) in [4.78, 5) is 8.05. The Kier molecular flexibility index (Phi) is 2.70. The van der Waals surface area contributed by atoms with Crippen LogP contribution in [0.3, 0.4) is 0 Å². The van der Waals surface area contributed by atoms with E-state index in [1.165, 1.54) is 0 Å². The zero-order chi connectivity index (χ0) is 15.1. The van der Waals surface area contributed by atoms with E-state index in [-0.39, 0.29) is 0 Å². The Bertz CT molecular complexity index is 1040. The van der Waals surface area contributed by atoms with E-state index in [4.69, 9.17) is 11.0 Å². The van der Waals surface area contributed by atoms with E-state index >= 15 is 0 Å². The van der Waals surface area contributed by atoms with Crippen molar-refractivity contribution in [1.29, 1.82) is 0 Å². The molecule has 2 aromatic carbocycles. The molecule has 3 nitrogen and oxygen atoms in total. The van der Waals surface area contributed by atoms with Gasteiger partial charge in [0.15, 0.2) is 0 Å². The van der Waals surface area contributed by atoms with Crippen molar-refractivity contribution < 1.29 is 4.42 Å². The number of benzene rings is 2. The molecule has 0 fully saturated rings. The number of rotatable bonds is 1. The largest absolute Gasteiger partial charge is 0.466 e. The second-order valence-electron chi connectivity index (χ2n) is 5.22. The van der Waals surface area contributed by atoms with Crippen molar-refractivity contribution in [2.24, 2.45) is 0 Å². The minimum atomic E-state index is 0.584. The molecule has 0 saturated carbocycles. The number of nitrogens with zero attached hydrogens (tertiary/aromatic N) is 2. The molecule has 22 heavy (non-hydrogen) atoms. The molecule has 104 valence electrons. The maximum atomic E-state index is 7.41. The van der Waals surface area contributed by atoms with Crippen LogP contribution in [-0.2, 0) is 0 Å². The zero-order valence-corrected chi connectivity index (χ0v) is 12.0. The van der Waals surface area contributed by atoms with Crippen molar-refractivity contribution in [1.82, 2.24) is 4.98 Å². The summed E-state index contributed by atoms with van der Waals surface area (Å²) in [5.41, 5.74) is 4.78. The van der Waals surface area contributed by atoms with Crippen molar-refractivity contribution in [3.8, 4) is 11.3 Å². The van der Waals surface area contributed by atoms with Crippen molar-refractivity contribution >= 4 is 27.6 Å². The molecule has 0 unspecified atom stereocenters. The Morgan fingerprint density at radius 1 is 0.955 bits per heavy atom. The molecule has 0 aliphatic rings. The summed E-state index contributed by atoms with van der Waals surface area (Å²) in [5.74, 6) is 0. The Balaban J connectivity index is 2.15. The van der Waals surface area contributed by atoms with E-state index in [2.05, 4.69) is 9.83 Å². The molecule has 4 aromatic rings. The first kappa shape index (κ1) is 12.6. The van der Waals surface area contributed by atoms with Crippen LogP contribution >= 0.6 is 0 Å². The van der Waals surface area contributed by atoms with E-state index in [1.54, 1.807) is 6.20 Å². The number of para-hydroxylation sites is 1. The van der Waals surface area contributed by atoms with Gasteiger partial charge >= 0.3 is 0 Å². The second-order valence-corrected chi connectivity index (χ2v) is 5.22. The van der Waals surface area contributed by atoms with Crippen LogP contribution in [0.5, 0.6) is 0 Å². The highest BCUT2D eigenvalue weighted by molar-refractivity contribution is 6.12. The second kappa shape index (κ2) is 4.71. The summed E-state index contributed by atoms with van der Waals surface area (Å²) in [5, 5.41) is 1.99. The lowest BCUT2D eigenvalue weighted by Crippen LogP contribution is -1.81. The van der Waals surface area contributed by atoms with Crippen molar-refractivity contribution in [2.45, 2.75) is 6.92 Å². The predicted octanol–water partition coefficient (Wildman–Crippen LogP) is 5.51. The molecule has 0 bridgehead atoms. The van der Waals surface area contributed by atoms with Gasteiger partial charge in [-0.15, -0.1) is 0 Å². The lowest BCUT2D eigenvalue weighted by molar-refractivity contribution is 0.671. The maximum Gasteiger partial charge on any atom is 0.232 e. The molecule has 4 rings (SSSR count). The average Bonchev–Trinajstić information content (AvgIpc) is 2.94. The maximum absolute atomic E-state index is 7.41. The van der Waals surface area contributed by atoms with E-state index in [9.17, 15) is 0 Å². The summed E-state index contributed by atoms with van der Waals surface area (Å²) >= 11 is 0.